The second kappa shape index (κ2) is 7.35. The van der Waals surface area contributed by atoms with Crippen LogP contribution < -0.4 is 0 Å². The Bertz CT molecular complexity index is 688. The Morgan fingerprint density at radius 1 is 1.35 bits per heavy atom. The van der Waals surface area contributed by atoms with E-state index >= 15 is 0 Å². The van der Waals surface area contributed by atoms with Crippen molar-refractivity contribution in [2.75, 3.05) is 27.2 Å². The van der Waals surface area contributed by atoms with E-state index in [1.807, 2.05) is 24.0 Å². The first kappa shape index (κ1) is 18.8. The number of amides is 2. The van der Waals surface area contributed by atoms with Gasteiger partial charge in [-0.1, -0.05) is 19.9 Å². The molecular weight excluding hydrogens is 328 g/mol. The summed E-state index contributed by atoms with van der Waals surface area (Å²) >= 11 is 0. The fraction of sp³-hybridized carbons (Fsp3) is 0.650. The fourth-order valence-electron chi connectivity index (χ4n) is 4.13. The summed E-state index contributed by atoms with van der Waals surface area (Å²) in [4.78, 5) is 36.7. The van der Waals surface area contributed by atoms with Crippen LogP contribution in [-0.4, -0.2) is 76.8 Å². The SMILES string of the molecule is Cc1cccnc1C(=O)N1C[C@@H]2C[C@H](N(C)C)CN2C(=O)[C@@H]1CC(C)C. The van der Waals surface area contributed by atoms with Crippen molar-refractivity contribution >= 4 is 11.8 Å². The number of aromatic nitrogens is 1. The Labute approximate surface area is 156 Å². The van der Waals surface area contributed by atoms with Crippen molar-refractivity contribution in [1.82, 2.24) is 19.7 Å². The molecule has 1 aromatic heterocycles. The Balaban J connectivity index is 1.90. The van der Waals surface area contributed by atoms with Gasteiger partial charge in [0.25, 0.3) is 5.91 Å². The molecule has 2 aliphatic rings. The molecule has 2 saturated heterocycles. The minimum absolute atomic E-state index is 0.0984. The molecular formula is C20H30N4O2. The number of pyridine rings is 1. The minimum atomic E-state index is -0.388. The Morgan fingerprint density at radius 2 is 2.08 bits per heavy atom. The van der Waals surface area contributed by atoms with Gasteiger partial charge in [0.15, 0.2) is 0 Å². The van der Waals surface area contributed by atoms with E-state index in [4.69, 9.17) is 0 Å². The predicted molar refractivity (Wildman–Crippen MR) is 101 cm³/mol. The fourth-order valence-corrected chi connectivity index (χ4v) is 4.13. The highest BCUT2D eigenvalue weighted by molar-refractivity contribution is 5.98. The van der Waals surface area contributed by atoms with Crippen LogP contribution in [0.15, 0.2) is 18.3 Å². The van der Waals surface area contributed by atoms with Gasteiger partial charge >= 0.3 is 0 Å². The van der Waals surface area contributed by atoms with Gasteiger partial charge in [0, 0.05) is 25.3 Å². The monoisotopic (exact) mass is 358 g/mol. The topological polar surface area (TPSA) is 56.8 Å². The average Bonchev–Trinajstić information content (AvgIpc) is 3.01. The Hall–Kier alpha value is -1.95. The summed E-state index contributed by atoms with van der Waals surface area (Å²) in [5, 5.41) is 0. The molecule has 26 heavy (non-hydrogen) atoms. The van der Waals surface area contributed by atoms with Gasteiger partial charge in [-0.2, -0.15) is 0 Å². The third-order valence-electron chi connectivity index (χ3n) is 5.64. The zero-order chi connectivity index (χ0) is 19.0. The molecule has 0 aliphatic carbocycles. The van der Waals surface area contributed by atoms with Crippen LogP contribution >= 0.6 is 0 Å². The minimum Gasteiger partial charge on any atom is -0.335 e. The van der Waals surface area contributed by atoms with E-state index in [1.165, 1.54) is 0 Å². The molecule has 1 aromatic rings. The summed E-state index contributed by atoms with van der Waals surface area (Å²) in [6.45, 7) is 7.45. The number of aryl methyl sites for hydroxylation is 1. The highest BCUT2D eigenvalue weighted by Gasteiger charge is 2.47. The highest BCUT2D eigenvalue weighted by Crippen LogP contribution is 2.31. The van der Waals surface area contributed by atoms with E-state index in [0.29, 0.717) is 30.6 Å². The van der Waals surface area contributed by atoms with Crippen molar-refractivity contribution in [3.63, 3.8) is 0 Å². The predicted octanol–water partition coefficient (Wildman–Crippen LogP) is 1.79. The van der Waals surface area contributed by atoms with Gasteiger partial charge in [-0.25, -0.2) is 0 Å². The second-order valence-electron chi connectivity index (χ2n) is 8.27. The largest absolute Gasteiger partial charge is 0.335 e. The molecule has 2 amide bonds. The number of hydrogen-bond donors (Lipinski definition) is 0. The summed E-state index contributed by atoms with van der Waals surface area (Å²) in [5.74, 6) is 0.323. The van der Waals surface area contributed by atoms with Crippen molar-refractivity contribution in [2.45, 2.75) is 51.7 Å². The maximum atomic E-state index is 13.2. The lowest BCUT2D eigenvalue weighted by Crippen LogP contribution is -2.61. The van der Waals surface area contributed by atoms with Crippen LogP contribution in [0.25, 0.3) is 0 Å². The zero-order valence-corrected chi connectivity index (χ0v) is 16.5. The van der Waals surface area contributed by atoms with Gasteiger partial charge in [0.05, 0.1) is 6.04 Å². The molecule has 0 bridgehead atoms. The summed E-state index contributed by atoms with van der Waals surface area (Å²) in [7, 11) is 4.11. The van der Waals surface area contributed by atoms with Crippen LogP contribution in [-0.2, 0) is 4.79 Å². The lowest BCUT2D eigenvalue weighted by Gasteiger charge is -2.43. The van der Waals surface area contributed by atoms with Crippen LogP contribution in [0.1, 0.15) is 42.7 Å². The van der Waals surface area contributed by atoms with Gasteiger partial charge in [0.2, 0.25) is 5.91 Å². The van der Waals surface area contributed by atoms with Gasteiger partial charge < -0.3 is 14.7 Å². The van der Waals surface area contributed by atoms with Crippen molar-refractivity contribution < 1.29 is 9.59 Å². The molecule has 2 aliphatic heterocycles. The Morgan fingerprint density at radius 3 is 2.69 bits per heavy atom. The first-order chi connectivity index (χ1) is 12.3. The standard InChI is InChI=1S/C20H30N4O2/c1-13(2)9-17-19(25)23-11-15(22(4)5)10-16(23)12-24(17)20(26)18-14(3)7-6-8-21-18/h6-8,13,15-17H,9-12H2,1-5H3/t15-,16-,17-/m0/s1. The Kier molecular flexibility index (Phi) is 5.32. The summed E-state index contributed by atoms with van der Waals surface area (Å²) in [6, 6.07) is 3.80. The lowest BCUT2D eigenvalue weighted by molar-refractivity contribution is -0.142. The summed E-state index contributed by atoms with van der Waals surface area (Å²) < 4.78 is 0. The molecule has 0 unspecified atom stereocenters. The molecule has 3 heterocycles. The molecule has 6 nitrogen and oxygen atoms in total. The van der Waals surface area contributed by atoms with E-state index in [-0.39, 0.29) is 23.9 Å². The van der Waals surface area contributed by atoms with Gasteiger partial charge in [-0.3, -0.25) is 14.6 Å². The molecule has 0 radical (unpaired) electrons. The normalized spacial score (nSPS) is 26.0. The number of carbonyl (C=O) groups is 2. The number of hydrogen-bond acceptors (Lipinski definition) is 4. The average molecular weight is 358 g/mol. The molecule has 3 rings (SSSR count). The summed E-state index contributed by atoms with van der Waals surface area (Å²) in [5.41, 5.74) is 1.32. The van der Waals surface area contributed by atoms with Gasteiger partial charge in [0.1, 0.15) is 11.7 Å². The zero-order valence-electron chi connectivity index (χ0n) is 16.5. The first-order valence-corrected chi connectivity index (χ1v) is 9.49. The van der Waals surface area contributed by atoms with Crippen molar-refractivity contribution in [3.05, 3.63) is 29.6 Å². The lowest BCUT2D eigenvalue weighted by atomic mass is 9.96. The van der Waals surface area contributed by atoms with E-state index in [0.717, 1.165) is 18.5 Å². The van der Waals surface area contributed by atoms with Crippen LogP contribution in [0.5, 0.6) is 0 Å². The maximum absolute atomic E-state index is 13.2. The van der Waals surface area contributed by atoms with Crippen LogP contribution in [0.2, 0.25) is 0 Å². The molecule has 0 aromatic carbocycles. The number of nitrogens with zero attached hydrogens (tertiary/aromatic N) is 4. The molecule has 3 atom stereocenters. The van der Waals surface area contributed by atoms with Crippen LogP contribution in [0.3, 0.4) is 0 Å². The van der Waals surface area contributed by atoms with Gasteiger partial charge in [-0.15, -0.1) is 0 Å². The number of fused-ring (bicyclic) bond motifs is 1. The third kappa shape index (κ3) is 3.47. The first-order valence-electron chi connectivity index (χ1n) is 9.49. The smallest absolute Gasteiger partial charge is 0.273 e. The molecule has 0 spiro atoms. The number of rotatable bonds is 4. The second-order valence-corrected chi connectivity index (χ2v) is 8.27. The molecule has 6 heteroatoms. The summed E-state index contributed by atoms with van der Waals surface area (Å²) in [6.07, 6.45) is 3.25. The molecule has 0 N–H and O–H groups in total. The van der Waals surface area contributed by atoms with Crippen LogP contribution in [0.4, 0.5) is 0 Å². The number of carbonyl (C=O) groups excluding carboxylic acids is 2. The van der Waals surface area contributed by atoms with Crippen molar-refractivity contribution in [3.8, 4) is 0 Å². The number of likely N-dealkylation sites (N-methyl/N-ethyl adjacent to an activating group) is 1. The van der Waals surface area contributed by atoms with E-state index in [2.05, 4.69) is 37.8 Å². The third-order valence-corrected chi connectivity index (χ3v) is 5.64. The van der Waals surface area contributed by atoms with Crippen molar-refractivity contribution in [2.24, 2.45) is 5.92 Å². The molecule has 142 valence electrons. The van der Waals surface area contributed by atoms with Gasteiger partial charge in [-0.05, 0) is 51.4 Å². The highest BCUT2D eigenvalue weighted by atomic mass is 16.2. The molecule has 2 fully saturated rings. The van der Waals surface area contributed by atoms with E-state index < -0.39 is 0 Å². The van der Waals surface area contributed by atoms with E-state index in [1.54, 1.807) is 11.1 Å². The maximum Gasteiger partial charge on any atom is 0.273 e. The number of piperazine rings is 1. The van der Waals surface area contributed by atoms with Crippen molar-refractivity contribution in [1.29, 1.82) is 0 Å². The molecule has 0 saturated carbocycles. The van der Waals surface area contributed by atoms with Crippen LogP contribution in [0, 0.1) is 12.8 Å². The van der Waals surface area contributed by atoms with E-state index in [9.17, 15) is 9.59 Å². The quantitative estimate of drug-likeness (QED) is 0.823.